The topological polar surface area (TPSA) is 65.4 Å². The highest BCUT2D eigenvalue weighted by atomic mass is 16.5. The molecule has 0 saturated heterocycles. The summed E-state index contributed by atoms with van der Waals surface area (Å²) in [6.45, 7) is 0. The number of amides is 1. The summed E-state index contributed by atoms with van der Waals surface area (Å²) in [5.74, 6) is 2.30. The predicted octanol–water partition coefficient (Wildman–Crippen LogP) is 3.98. The van der Waals surface area contributed by atoms with Gasteiger partial charge in [0.15, 0.2) is 0 Å². The molecule has 0 aliphatic heterocycles. The summed E-state index contributed by atoms with van der Waals surface area (Å²) in [6.07, 6.45) is 8.73. The van der Waals surface area contributed by atoms with Gasteiger partial charge in [-0.05, 0) is 43.0 Å². The van der Waals surface area contributed by atoms with Gasteiger partial charge >= 0.3 is 0 Å². The van der Waals surface area contributed by atoms with Crippen molar-refractivity contribution in [1.29, 1.82) is 0 Å². The van der Waals surface area contributed by atoms with Gasteiger partial charge in [0.1, 0.15) is 17.3 Å². The second-order valence-corrected chi connectivity index (χ2v) is 6.68. The van der Waals surface area contributed by atoms with E-state index in [0.29, 0.717) is 18.9 Å². The molecule has 1 fully saturated rings. The Bertz CT molecular complexity index is 736. The molecule has 1 heterocycles. The highest BCUT2D eigenvalue weighted by Gasteiger charge is 2.19. The van der Waals surface area contributed by atoms with Crippen LogP contribution in [0.4, 0.5) is 5.82 Å². The van der Waals surface area contributed by atoms with Gasteiger partial charge in [-0.2, -0.15) is 5.10 Å². The predicted molar refractivity (Wildman–Crippen MR) is 101 cm³/mol. The second kappa shape index (κ2) is 8.74. The fourth-order valence-corrected chi connectivity index (χ4v) is 3.56. The number of hydrogen-bond acceptors (Lipinski definition) is 4. The summed E-state index contributed by atoms with van der Waals surface area (Å²) in [7, 11) is 3.26. The minimum absolute atomic E-state index is 0.0209. The average molecular weight is 357 g/mol. The summed E-state index contributed by atoms with van der Waals surface area (Å²) in [4.78, 5) is 12.4. The third-order valence-corrected chi connectivity index (χ3v) is 4.97. The average Bonchev–Trinajstić information content (AvgIpc) is 3.14. The van der Waals surface area contributed by atoms with Crippen molar-refractivity contribution < 1.29 is 14.3 Å². The number of aryl methyl sites for hydroxylation is 1. The van der Waals surface area contributed by atoms with E-state index in [-0.39, 0.29) is 5.91 Å². The first-order valence-electron chi connectivity index (χ1n) is 9.25. The molecule has 0 unspecified atom stereocenters. The molecule has 0 atom stereocenters. The highest BCUT2D eigenvalue weighted by molar-refractivity contribution is 5.90. The Balaban J connectivity index is 1.61. The zero-order valence-electron chi connectivity index (χ0n) is 15.5. The number of nitrogens with one attached hydrogen (secondary N) is 1. The van der Waals surface area contributed by atoms with Crippen molar-refractivity contribution in [2.24, 2.45) is 0 Å². The fourth-order valence-electron chi connectivity index (χ4n) is 3.56. The highest BCUT2D eigenvalue weighted by Crippen LogP contribution is 2.30. The zero-order chi connectivity index (χ0) is 18.4. The van der Waals surface area contributed by atoms with Crippen molar-refractivity contribution in [3.63, 3.8) is 0 Å². The maximum Gasteiger partial charge on any atom is 0.225 e. The first kappa shape index (κ1) is 18.3. The summed E-state index contributed by atoms with van der Waals surface area (Å²) in [6, 6.07) is 7.90. The first-order valence-corrected chi connectivity index (χ1v) is 9.25. The Morgan fingerprint density at radius 3 is 2.73 bits per heavy atom. The van der Waals surface area contributed by atoms with E-state index >= 15 is 0 Å². The van der Waals surface area contributed by atoms with E-state index in [1.54, 1.807) is 20.4 Å². The number of benzene rings is 1. The number of rotatable bonds is 7. The maximum absolute atomic E-state index is 12.4. The van der Waals surface area contributed by atoms with Crippen molar-refractivity contribution in [3.05, 3.63) is 36.0 Å². The molecule has 3 rings (SSSR count). The van der Waals surface area contributed by atoms with E-state index in [2.05, 4.69) is 10.4 Å². The molecule has 1 aromatic carbocycles. The molecule has 6 heteroatoms. The Labute approximate surface area is 154 Å². The standard InChI is InChI=1S/C20H27N3O3/c1-25-17-9-10-18(26-2)15(14-17)8-11-20(24)22-19-12-13-21-23(19)16-6-4-3-5-7-16/h9-10,12-14,16H,3-8,11H2,1-2H3,(H,22,24). The molecular weight excluding hydrogens is 330 g/mol. The molecule has 1 aromatic heterocycles. The van der Waals surface area contributed by atoms with Gasteiger partial charge in [0.2, 0.25) is 5.91 Å². The zero-order valence-corrected chi connectivity index (χ0v) is 15.5. The normalized spacial score (nSPS) is 14.8. The quantitative estimate of drug-likeness (QED) is 0.814. The molecule has 1 saturated carbocycles. The largest absolute Gasteiger partial charge is 0.497 e. The van der Waals surface area contributed by atoms with Gasteiger partial charge in [-0.3, -0.25) is 4.79 Å². The molecule has 6 nitrogen and oxygen atoms in total. The Hall–Kier alpha value is -2.50. The van der Waals surface area contributed by atoms with E-state index in [0.717, 1.165) is 35.7 Å². The van der Waals surface area contributed by atoms with E-state index in [9.17, 15) is 4.79 Å². The van der Waals surface area contributed by atoms with Crippen LogP contribution in [-0.2, 0) is 11.2 Å². The molecule has 1 aliphatic carbocycles. The van der Waals surface area contributed by atoms with Crippen molar-refractivity contribution in [2.45, 2.75) is 51.0 Å². The smallest absolute Gasteiger partial charge is 0.225 e. The van der Waals surface area contributed by atoms with Crippen LogP contribution < -0.4 is 14.8 Å². The number of anilines is 1. The lowest BCUT2D eigenvalue weighted by Gasteiger charge is -2.23. The van der Waals surface area contributed by atoms with Crippen molar-refractivity contribution in [3.8, 4) is 11.5 Å². The van der Waals surface area contributed by atoms with Gasteiger partial charge in [0.05, 0.1) is 26.5 Å². The van der Waals surface area contributed by atoms with E-state index in [1.165, 1.54) is 19.3 Å². The Morgan fingerprint density at radius 1 is 1.19 bits per heavy atom. The molecule has 1 amide bonds. The first-order chi connectivity index (χ1) is 12.7. The monoisotopic (exact) mass is 357 g/mol. The van der Waals surface area contributed by atoms with Gasteiger partial charge in [-0.15, -0.1) is 0 Å². The van der Waals surface area contributed by atoms with Gasteiger partial charge < -0.3 is 14.8 Å². The number of hydrogen-bond donors (Lipinski definition) is 1. The van der Waals surface area contributed by atoms with Crippen LogP contribution in [0.15, 0.2) is 30.5 Å². The van der Waals surface area contributed by atoms with Crippen LogP contribution in [0, 0.1) is 0 Å². The Kier molecular flexibility index (Phi) is 6.15. The molecule has 1 N–H and O–H groups in total. The lowest BCUT2D eigenvalue weighted by atomic mass is 9.96. The SMILES string of the molecule is COc1ccc(OC)c(CCC(=O)Nc2ccnn2C2CCCCC2)c1. The van der Waals surface area contributed by atoms with E-state index < -0.39 is 0 Å². The summed E-state index contributed by atoms with van der Waals surface area (Å²) in [5, 5.41) is 7.44. The third kappa shape index (κ3) is 4.36. The van der Waals surface area contributed by atoms with E-state index in [4.69, 9.17) is 9.47 Å². The van der Waals surface area contributed by atoms with Gasteiger partial charge in [0.25, 0.3) is 0 Å². The van der Waals surface area contributed by atoms with Gasteiger partial charge in [-0.25, -0.2) is 4.68 Å². The second-order valence-electron chi connectivity index (χ2n) is 6.68. The molecule has 1 aliphatic rings. The third-order valence-electron chi connectivity index (χ3n) is 4.97. The molecule has 2 aromatic rings. The molecule has 140 valence electrons. The molecule has 0 radical (unpaired) electrons. The van der Waals surface area contributed by atoms with Crippen LogP contribution in [0.2, 0.25) is 0 Å². The van der Waals surface area contributed by atoms with Crippen LogP contribution >= 0.6 is 0 Å². The lowest BCUT2D eigenvalue weighted by molar-refractivity contribution is -0.116. The molecule has 0 bridgehead atoms. The number of methoxy groups -OCH3 is 2. The Morgan fingerprint density at radius 2 is 2.00 bits per heavy atom. The van der Waals surface area contributed by atoms with Crippen LogP contribution in [0.25, 0.3) is 0 Å². The minimum atomic E-state index is -0.0209. The van der Waals surface area contributed by atoms with Crippen molar-refractivity contribution in [2.75, 3.05) is 19.5 Å². The summed E-state index contributed by atoms with van der Waals surface area (Å²) >= 11 is 0. The van der Waals surface area contributed by atoms with Crippen molar-refractivity contribution >= 4 is 11.7 Å². The van der Waals surface area contributed by atoms with E-state index in [1.807, 2.05) is 28.9 Å². The van der Waals surface area contributed by atoms with Crippen LogP contribution in [-0.4, -0.2) is 29.9 Å². The molecular formula is C20H27N3O3. The number of carbonyl (C=O) groups is 1. The summed E-state index contributed by atoms with van der Waals surface area (Å²) < 4.78 is 12.6. The molecule has 0 spiro atoms. The molecule has 26 heavy (non-hydrogen) atoms. The minimum Gasteiger partial charge on any atom is -0.497 e. The maximum atomic E-state index is 12.4. The van der Waals surface area contributed by atoms with Crippen LogP contribution in [0.3, 0.4) is 0 Å². The fraction of sp³-hybridized carbons (Fsp3) is 0.500. The number of aromatic nitrogens is 2. The number of nitrogens with zero attached hydrogens (tertiary/aromatic N) is 2. The lowest BCUT2D eigenvalue weighted by Crippen LogP contribution is -2.20. The van der Waals surface area contributed by atoms with Gasteiger partial charge in [-0.1, -0.05) is 19.3 Å². The number of carbonyl (C=O) groups excluding carboxylic acids is 1. The number of ether oxygens (including phenoxy) is 2. The van der Waals surface area contributed by atoms with Crippen molar-refractivity contribution in [1.82, 2.24) is 9.78 Å². The van der Waals surface area contributed by atoms with Crippen LogP contribution in [0.5, 0.6) is 11.5 Å². The van der Waals surface area contributed by atoms with Gasteiger partial charge in [0, 0.05) is 12.5 Å². The summed E-state index contributed by atoms with van der Waals surface area (Å²) in [5.41, 5.74) is 0.961. The van der Waals surface area contributed by atoms with Crippen LogP contribution in [0.1, 0.15) is 50.1 Å².